The van der Waals surface area contributed by atoms with Gasteiger partial charge in [0.15, 0.2) is 0 Å². The summed E-state index contributed by atoms with van der Waals surface area (Å²) in [7, 11) is 1.81. The summed E-state index contributed by atoms with van der Waals surface area (Å²) < 4.78 is 11.1. The molecule has 122 valence electrons. The summed E-state index contributed by atoms with van der Waals surface area (Å²) in [5.41, 5.74) is 1.08. The normalized spacial score (nSPS) is 15.5. The molecule has 1 heterocycles. The van der Waals surface area contributed by atoms with Gasteiger partial charge in [-0.1, -0.05) is 12.1 Å². The number of likely N-dealkylation sites (N-methyl/N-ethyl adjacent to an activating group) is 1. The molecule has 0 aromatic heterocycles. The number of nitrogens with zero attached hydrogens (tertiary/aromatic N) is 1. The van der Waals surface area contributed by atoms with E-state index < -0.39 is 0 Å². The fourth-order valence-electron chi connectivity index (χ4n) is 2.48. The molecule has 2 rings (SSSR count). The Morgan fingerprint density at radius 3 is 2.59 bits per heavy atom. The minimum atomic E-state index is 0.0208. The Labute approximate surface area is 132 Å². The molecule has 0 saturated carbocycles. The summed E-state index contributed by atoms with van der Waals surface area (Å²) >= 11 is 0. The van der Waals surface area contributed by atoms with Gasteiger partial charge in [-0.3, -0.25) is 4.79 Å². The van der Waals surface area contributed by atoms with Crippen molar-refractivity contribution in [2.24, 2.45) is 0 Å². The highest BCUT2D eigenvalue weighted by molar-refractivity contribution is 5.77. The van der Waals surface area contributed by atoms with E-state index in [9.17, 15) is 4.79 Å². The van der Waals surface area contributed by atoms with E-state index in [0.717, 1.165) is 37.2 Å². The first-order chi connectivity index (χ1) is 10.7. The molecule has 1 fully saturated rings. The highest BCUT2D eigenvalue weighted by Crippen LogP contribution is 2.13. The quantitative estimate of drug-likeness (QED) is 0.835. The average molecular weight is 306 g/mol. The standard InChI is InChI=1S/C17H26N2O3/c1-3-21-15-6-4-14(5-7-15)12-19(2)17(20)13-22-16-8-10-18-11-9-16/h4-7,16,18H,3,8-13H2,1-2H3. The zero-order chi connectivity index (χ0) is 15.8. The fraction of sp³-hybridized carbons (Fsp3) is 0.588. The van der Waals surface area contributed by atoms with Crippen molar-refractivity contribution in [3.63, 3.8) is 0 Å². The van der Waals surface area contributed by atoms with Crippen molar-refractivity contribution in [1.29, 1.82) is 0 Å². The van der Waals surface area contributed by atoms with Crippen LogP contribution in [0.15, 0.2) is 24.3 Å². The number of hydrogen-bond acceptors (Lipinski definition) is 4. The van der Waals surface area contributed by atoms with Crippen LogP contribution < -0.4 is 10.1 Å². The summed E-state index contributed by atoms with van der Waals surface area (Å²) in [6.07, 6.45) is 2.18. The number of rotatable bonds is 7. The summed E-state index contributed by atoms with van der Waals surface area (Å²) in [5.74, 6) is 0.877. The third-order valence-corrected chi connectivity index (χ3v) is 3.81. The monoisotopic (exact) mass is 306 g/mol. The van der Waals surface area contributed by atoms with Crippen molar-refractivity contribution in [1.82, 2.24) is 10.2 Å². The second-order valence-electron chi connectivity index (χ2n) is 5.59. The van der Waals surface area contributed by atoms with Crippen LogP contribution in [-0.2, 0) is 16.1 Å². The maximum Gasteiger partial charge on any atom is 0.248 e. The van der Waals surface area contributed by atoms with Crippen LogP contribution in [0.3, 0.4) is 0 Å². The Kier molecular flexibility index (Phi) is 6.68. The summed E-state index contributed by atoms with van der Waals surface area (Å²) in [4.78, 5) is 13.8. The van der Waals surface area contributed by atoms with Crippen molar-refractivity contribution in [2.75, 3.05) is 33.4 Å². The highest BCUT2D eigenvalue weighted by atomic mass is 16.5. The SMILES string of the molecule is CCOc1ccc(CN(C)C(=O)COC2CCNCC2)cc1. The molecule has 1 saturated heterocycles. The van der Waals surface area contributed by atoms with Crippen LogP contribution in [0, 0.1) is 0 Å². The molecule has 1 N–H and O–H groups in total. The topological polar surface area (TPSA) is 50.8 Å². The predicted molar refractivity (Wildman–Crippen MR) is 85.9 cm³/mol. The smallest absolute Gasteiger partial charge is 0.248 e. The number of benzene rings is 1. The maximum atomic E-state index is 12.1. The van der Waals surface area contributed by atoms with Crippen LogP contribution in [-0.4, -0.2) is 50.3 Å². The Balaban J connectivity index is 1.75. The number of hydrogen-bond donors (Lipinski definition) is 1. The number of piperidine rings is 1. The molecule has 0 spiro atoms. The molecule has 5 heteroatoms. The Morgan fingerprint density at radius 1 is 1.27 bits per heavy atom. The molecule has 0 bridgehead atoms. The molecule has 22 heavy (non-hydrogen) atoms. The van der Waals surface area contributed by atoms with Gasteiger partial charge in [0.1, 0.15) is 12.4 Å². The van der Waals surface area contributed by atoms with E-state index >= 15 is 0 Å². The maximum absolute atomic E-state index is 12.1. The number of nitrogens with one attached hydrogen (secondary N) is 1. The second kappa shape index (κ2) is 8.76. The highest BCUT2D eigenvalue weighted by Gasteiger charge is 2.16. The van der Waals surface area contributed by atoms with Gasteiger partial charge in [0, 0.05) is 13.6 Å². The average Bonchev–Trinajstić information content (AvgIpc) is 2.55. The summed E-state index contributed by atoms with van der Waals surface area (Å²) in [6, 6.07) is 7.84. The van der Waals surface area contributed by atoms with Gasteiger partial charge in [0.05, 0.1) is 12.7 Å². The minimum absolute atomic E-state index is 0.0208. The molecule has 1 aliphatic rings. The molecule has 1 aromatic carbocycles. The van der Waals surface area contributed by atoms with E-state index in [1.165, 1.54) is 0 Å². The van der Waals surface area contributed by atoms with Crippen molar-refractivity contribution in [3.05, 3.63) is 29.8 Å². The van der Waals surface area contributed by atoms with Crippen molar-refractivity contribution >= 4 is 5.91 Å². The molecule has 0 radical (unpaired) electrons. The Morgan fingerprint density at radius 2 is 1.95 bits per heavy atom. The van der Waals surface area contributed by atoms with E-state index in [2.05, 4.69) is 5.32 Å². The third kappa shape index (κ3) is 5.31. The van der Waals surface area contributed by atoms with Crippen LogP contribution >= 0.6 is 0 Å². The van der Waals surface area contributed by atoms with Gasteiger partial charge >= 0.3 is 0 Å². The number of ether oxygens (including phenoxy) is 2. The second-order valence-corrected chi connectivity index (χ2v) is 5.59. The van der Waals surface area contributed by atoms with Gasteiger partial charge in [0.25, 0.3) is 0 Å². The number of carbonyl (C=O) groups excluding carboxylic acids is 1. The Hall–Kier alpha value is -1.59. The summed E-state index contributed by atoms with van der Waals surface area (Å²) in [6.45, 7) is 5.31. The molecule has 1 aliphatic heterocycles. The van der Waals surface area contributed by atoms with Crippen molar-refractivity contribution < 1.29 is 14.3 Å². The molecule has 0 atom stereocenters. The minimum Gasteiger partial charge on any atom is -0.494 e. The lowest BCUT2D eigenvalue weighted by Gasteiger charge is -2.24. The molecule has 0 aliphatic carbocycles. The lowest BCUT2D eigenvalue weighted by Crippen LogP contribution is -2.36. The third-order valence-electron chi connectivity index (χ3n) is 3.81. The lowest BCUT2D eigenvalue weighted by atomic mass is 10.1. The van der Waals surface area contributed by atoms with Gasteiger partial charge in [-0.05, 0) is 50.6 Å². The first-order valence-electron chi connectivity index (χ1n) is 7.97. The van der Waals surface area contributed by atoms with E-state index in [0.29, 0.717) is 13.2 Å². The van der Waals surface area contributed by atoms with Gasteiger partial charge in [-0.2, -0.15) is 0 Å². The van der Waals surface area contributed by atoms with Crippen LogP contribution in [0.1, 0.15) is 25.3 Å². The molecular formula is C17H26N2O3. The largest absolute Gasteiger partial charge is 0.494 e. The van der Waals surface area contributed by atoms with Crippen LogP contribution in [0.2, 0.25) is 0 Å². The van der Waals surface area contributed by atoms with Gasteiger partial charge < -0.3 is 19.7 Å². The van der Waals surface area contributed by atoms with E-state index in [1.807, 2.05) is 38.2 Å². The summed E-state index contributed by atoms with van der Waals surface area (Å²) in [5, 5.41) is 3.29. The van der Waals surface area contributed by atoms with Gasteiger partial charge in [-0.25, -0.2) is 0 Å². The Bertz CT molecular complexity index is 455. The van der Waals surface area contributed by atoms with E-state index in [4.69, 9.17) is 9.47 Å². The first-order valence-corrected chi connectivity index (χ1v) is 7.97. The zero-order valence-corrected chi connectivity index (χ0v) is 13.5. The lowest BCUT2D eigenvalue weighted by molar-refractivity contribution is -0.137. The number of amides is 1. The predicted octanol–water partition coefficient (Wildman–Crippen LogP) is 1.81. The molecule has 0 unspecified atom stereocenters. The number of carbonyl (C=O) groups is 1. The van der Waals surface area contributed by atoms with E-state index in [-0.39, 0.29) is 18.6 Å². The molecule has 1 amide bonds. The van der Waals surface area contributed by atoms with Crippen molar-refractivity contribution in [3.8, 4) is 5.75 Å². The van der Waals surface area contributed by atoms with E-state index in [1.54, 1.807) is 4.90 Å². The van der Waals surface area contributed by atoms with Crippen molar-refractivity contribution in [2.45, 2.75) is 32.4 Å². The molecule has 1 aromatic rings. The van der Waals surface area contributed by atoms with Gasteiger partial charge in [0.2, 0.25) is 5.91 Å². The van der Waals surface area contributed by atoms with Crippen LogP contribution in [0.4, 0.5) is 0 Å². The molecule has 5 nitrogen and oxygen atoms in total. The van der Waals surface area contributed by atoms with Crippen LogP contribution in [0.25, 0.3) is 0 Å². The fourth-order valence-corrected chi connectivity index (χ4v) is 2.48. The van der Waals surface area contributed by atoms with Gasteiger partial charge in [-0.15, -0.1) is 0 Å². The molecular weight excluding hydrogens is 280 g/mol. The zero-order valence-electron chi connectivity index (χ0n) is 13.5. The first kappa shape index (κ1) is 16.8. The van der Waals surface area contributed by atoms with Crippen LogP contribution in [0.5, 0.6) is 5.75 Å².